The van der Waals surface area contributed by atoms with Crippen molar-refractivity contribution in [3.8, 4) is 5.75 Å². The fraction of sp³-hybridized carbons (Fsp3) is 0.0625. The van der Waals surface area contributed by atoms with E-state index in [2.05, 4.69) is 0 Å². The molecule has 0 radical (unpaired) electrons. The fourth-order valence-corrected chi connectivity index (χ4v) is 2.54. The second kappa shape index (κ2) is 5.84. The summed E-state index contributed by atoms with van der Waals surface area (Å²) in [5, 5.41) is 2.03. The average molecular weight is 356 g/mol. The molecule has 3 nitrogen and oxygen atoms in total. The molecular weight excluding hydrogens is 347 g/mol. The molecule has 3 aromatic rings. The maximum absolute atomic E-state index is 12.3. The van der Waals surface area contributed by atoms with Gasteiger partial charge in [0.25, 0.3) is 0 Å². The zero-order chi connectivity index (χ0) is 15.9. The number of halogens is 3. The minimum atomic E-state index is -0.608. The van der Waals surface area contributed by atoms with Crippen LogP contribution < -0.4 is 4.74 Å². The van der Waals surface area contributed by atoms with Gasteiger partial charge in [-0.25, -0.2) is 4.79 Å². The highest BCUT2D eigenvalue weighted by Gasteiger charge is 2.20. The summed E-state index contributed by atoms with van der Waals surface area (Å²) in [4.78, 5) is 12.3. The molecule has 3 rings (SSSR count). The van der Waals surface area contributed by atoms with Crippen LogP contribution in [0.4, 0.5) is 0 Å². The van der Waals surface area contributed by atoms with Crippen LogP contribution in [0.15, 0.2) is 40.8 Å². The Morgan fingerprint density at radius 2 is 1.82 bits per heavy atom. The van der Waals surface area contributed by atoms with Gasteiger partial charge in [0.05, 0.1) is 10.0 Å². The molecule has 0 aliphatic carbocycles. The van der Waals surface area contributed by atoms with E-state index in [9.17, 15) is 4.79 Å². The number of carbonyl (C=O) groups excluding carboxylic acids is 1. The molecule has 0 atom stereocenters. The van der Waals surface area contributed by atoms with Crippen molar-refractivity contribution in [2.45, 2.75) is 6.92 Å². The van der Waals surface area contributed by atoms with Crippen molar-refractivity contribution >= 4 is 51.7 Å². The van der Waals surface area contributed by atoms with Gasteiger partial charge in [-0.3, -0.25) is 0 Å². The Labute approximate surface area is 141 Å². The van der Waals surface area contributed by atoms with E-state index in [0.29, 0.717) is 26.2 Å². The van der Waals surface area contributed by atoms with E-state index < -0.39 is 5.97 Å². The van der Waals surface area contributed by atoms with Gasteiger partial charge >= 0.3 is 5.97 Å². The summed E-state index contributed by atoms with van der Waals surface area (Å²) in [5.41, 5.74) is 1.24. The number of rotatable bonds is 2. The first kappa shape index (κ1) is 15.2. The number of hydrogen-bond donors (Lipinski definition) is 0. The molecule has 0 amide bonds. The molecule has 1 heterocycles. The summed E-state index contributed by atoms with van der Waals surface area (Å²) >= 11 is 17.7. The van der Waals surface area contributed by atoms with Gasteiger partial charge in [0.2, 0.25) is 5.76 Å². The summed E-state index contributed by atoms with van der Waals surface area (Å²) in [6.45, 7) is 1.77. The molecule has 0 saturated heterocycles. The van der Waals surface area contributed by atoms with Gasteiger partial charge in [0.1, 0.15) is 11.3 Å². The molecular formula is C16H9Cl3O3. The van der Waals surface area contributed by atoms with E-state index >= 15 is 0 Å². The van der Waals surface area contributed by atoms with Crippen molar-refractivity contribution in [3.63, 3.8) is 0 Å². The Bertz CT molecular complexity index is 884. The van der Waals surface area contributed by atoms with Gasteiger partial charge < -0.3 is 9.15 Å². The second-order valence-corrected chi connectivity index (χ2v) is 5.91. The zero-order valence-electron chi connectivity index (χ0n) is 11.3. The predicted octanol–water partition coefficient (Wildman–Crippen LogP) is 5.92. The number of carbonyl (C=O) groups is 1. The quantitative estimate of drug-likeness (QED) is 0.423. The Kier molecular flexibility index (Phi) is 4.04. The van der Waals surface area contributed by atoms with Gasteiger partial charge in [-0.1, -0.05) is 34.8 Å². The van der Waals surface area contributed by atoms with Gasteiger partial charge in [-0.2, -0.15) is 0 Å². The molecule has 0 saturated carbocycles. The smallest absolute Gasteiger partial charge is 0.379 e. The molecule has 22 heavy (non-hydrogen) atoms. The Morgan fingerprint density at radius 3 is 2.55 bits per heavy atom. The van der Waals surface area contributed by atoms with Gasteiger partial charge in [-0.15, -0.1) is 0 Å². The largest absolute Gasteiger partial charge is 0.449 e. The minimum absolute atomic E-state index is 0.128. The first-order valence-corrected chi connectivity index (χ1v) is 7.45. The number of esters is 1. The van der Waals surface area contributed by atoms with Gasteiger partial charge in [0.15, 0.2) is 0 Å². The van der Waals surface area contributed by atoms with E-state index in [1.807, 2.05) is 0 Å². The van der Waals surface area contributed by atoms with Gasteiger partial charge in [0, 0.05) is 22.0 Å². The van der Waals surface area contributed by atoms with E-state index in [1.54, 1.807) is 37.3 Å². The van der Waals surface area contributed by atoms with Crippen molar-refractivity contribution < 1.29 is 13.9 Å². The molecule has 0 spiro atoms. The number of furan rings is 1. The van der Waals surface area contributed by atoms with Crippen LogP contribution in [0.5, 0.6) is 5.75 Å². The fourth-order valence-electron chi connectivity index (χ4n) is 2.08. The lowest BCUT2D eigenvalue weighted by atomic mass is 10.1. The highest BCUT2D eigenvalue weighted by Crippen LogP contribution is 2.30. The van der Waals surface area contributed by atoms with E-state index in [1.165, 1.54) is 6.07 Å². The van der Waals surface area contributed by atoms with Crippen LogP contribution in [0.2, 0.25) is 15.1 Å². The zero-order valence-corrected chi connectivity index (χ0v) is 13.6. The topological polar surface area (TPSA) is 39.4 Å². The van der Waals surface area contributed by atoms with Crippen molar-refractivity contribution in [2.24, 2.45) is 0 Å². The standard InChI is InChI=1S/C16H9Cl3O3/c1-8-11-6-9(17)2-5-14(11)22-15(8)16(20)21-10-3-4-12(18)13(19)7-10/h2-7H,1H3. The predicted molar refractivity (Wildman–Crippen MR) is 87.4 cm³/mol. The number of hydrogen-bond acceptors (Lipinski definition) is 3. The third-order valence-corrected chi connectivity index (χ3v) is 4.16. The summed E-state index contributed by atoms with van der Waals surface area (Å²) in [7, 11) is 0. The molecule has 112 valence electrons. The third-order valence-electron chi connectivity index (χ3n) is 3.19. The molecule has 0 aliphatic heterocycles. The van der Waals surface area contributed by atoms with Gasteiger partial charge in [-0.05, 0) is 37.3 Å². The van der Waals surface area contributed by atoms with Crippen LogP contribution in [0.3, 0.4) is 0 Å². The van der Waals surface area contributed by atoms with E-state index in [0.717, 1.165) is 5.39 Å². The lowest BCUT2D eigenvalue weighted by Crippen LogP contribution is -2.08. The Morgan fingerprint density at radius 1 is 1.05 bits per heavy atom. The summed E-state index contributed by atoms with van der Waals surface area (Å²) in [6, 6.07) is 9.72. The maximum atomic E-state index is 12.3. The van der Waals surface area contributed by atoms with Crippen LogP contribution in [0.25, 0.3) is 11.0 Å². The number of aryl methyl sites for hydroxylation is 1. The molecule has 0 aliphatic rings. The van der Waals surface area contributed by atoms with Crippen LogP contribution in [0, 0.1) is 6.92 Å². The van der Waals surface area contributed by atoms with Crippen LogP contribution in [0.1, 0.15) is 16.1 Å². The monoisotopic (exact) mass is 354 g/mol. The summed E-state index contributed by atoms with van der Waals surface area (Å²) in [6.07, 6.45) is 0. The van der Waals surface area contributed by atoms with Crippen molar-refractivity contribution in [3.05, 3.63) is 62.8 Å². The lowest BCUT2D eigenvalue weighted by molar-refractivity contribution is 0.0703. The third kappa shape index (κ3) is 2.80. The van der Waals surface area contributed by atoms with Crippen LogP contribution in [-0.2, 0) is 0 Å². The summed E-state index contributed by atoms with van der Waals surface area (Å²) in [5.74, 6) is -0.191. The molecule has 1 aromatic heterocycles. The molecule has 0 unspecified atom stereocenters. The molecule has 2 aromatic carbocycles. The normalized spacial score (nSPS) is 10.9. The highest BCUT2D eigenvalue weighted by molar-refractivity contribution is 6.42. The van der Waals surface area contributed by atoms with E-state index in [-0.39, 0.29) is 11.5 Å². The Balaban J connectivity index is 1.95. The number of benzene rings is 2. The molecule has 6 heteroatoms. The second-order valence-electron chi connectivity index (χ2n) is 4.66. The van der Waals surface area contributed by atoms with Crippen molar-refractivity contribution in [1.29, 1.82) is 0 Å². The SMILES string of the molecule is Cc1c(C(=O)Oc2ccc(Cl)c(Cl)c2)oc2ccc(Cl)cc12. The van der Waals surface area contributed by atoms with E-state index in [4.69, 9.17) is 44.0 Å². The maximum Gasteiger partial charge on any atom is 0.379 e. The lowest BCUT2D eigenvalue weighted by Gasteiger charge is -2.04. The first-order valence-electron chi connectivity index (χ1n) is 6.31. The average Bonchev–Trinajstić information content (AvgIpc) is 2.80. The minimum Gasteiger partial charge on any atom is -0.449 e. The molecule has 0 N–H and O–H groups in total. The first-order chi connectivity index (χ1) is 10.5. The Hall–Kier alpha value is -1.68. The number of fused-ring (bicyclic) bond motifs is 1. The molecule has 0 bridgehead atoms. The van der Waals surface area contributed by atoms with Crippen LogP contribution in [-0.4, -0.2) is 5.97 Å². The number of ether oxygens (including phenoxy) is 1. The highest BCUT2D eigenvalue weighted by atomic mass is 35.5. The summed E-state index contributed by atoms with van der Waals surface area (Å²) < 4.78 is 10.8. The van der Waals surface area contributed by atoms with Crippen molar-refractivity contribution in [1.82, 2.24) is 0 Å². The molecule has 0 fully saturated rings. The van der Waals surface area contributed by atoms with Crippen molar-refractivity contribution in [2.75, 3.05) is 0 Å². The van der Waals surface area contributed by atoms with Crippen LogP contribution >= 0.6 is 34.8 Å².